The third kappa shape index (κ3) is 4.73. The fourth-order valence-electron chi connectivity index (χ4n) is 0.221. The van der Waals surface area contributed by atoms with Crippen molar-refractivity contribution >= 4 is 11.9 Å². The molecule has 2 N–H and O–H groups in total. The Kier molecular flexibility index (Phi) is 3.34. The number of alkyl halides is 1. The molecular formula is C4H6FNO3. The third-order valence-electron chi connectivity index (χ3n) is 0.558. The van der Waals surface area contributed by atoms with Crippen molar-refractivity contribution in [1.29, 1.82) is 0 Å². The molecule has 0 atom stereocenters. The van der Waals surface area contributed by atoms with Gasteiger partial charge in [0, 0.05) is 0 Å². The Labute approximate surface area is 50.7 Å². The summed E-state index contributed by atoms with van der Waals surface area (Å²) in [4.78, 5) is 19.6. The van der Waals surface area contributed by atoms with E-state index >= 15 is 0 Å². The molecule has 52 valence electrons. The van der Waals surface area contributed by atoms with Gasteiger partial charge >= 0.3 is 5.97 Å². The Morgan fingerprint density at radius 3 is 2.44 bits per heavy atom. The maximum atomic E-state index is 11.2. The van der Waals surface area contributed by atoms with E-state index in [4.69, 9.17) is 5.11 Å². The minimum Gasteiger partial charge on any atom is -0.480 e. The zero-order valence-corrected chi connectivity index (χ0v) is 4.56. The number of halogens is 1. The summed E-state index contributed by atoms with van der Waals surface area (Å²) in [6.45, 7) is -1.70. The molecule has 0 fully saturated rings. The van der Waals surface area contributed by atoms with Crippen LogP contribution in [0, 0.1) is 0 Å². The molecule has 5 heteroatoms. The Morgan fingerprint density at radius 2 is 2.11 bits per heavy atom. The Hall–Kier alpha value is -1.13. The van der Waals surface area contributed by atoms with Gasteiger partial charge < -0.3 is 10.4 Å². The minimum absolute atomic E-state index is 0.525. The van der Waals surface area contributed by atoms with E-state index in [0.717, 1.165) is 0 Å². The topological polar surface area (TPSA) is 66.4 Å². The van der Waals surface area contributed by atoms with Crippen molar-refractivity contribution in [2.24, 2.45) is 0 Å². The highest BCUT2D eigenvalue weighted by Crippen LogP contribution is 1.67. The number of carbonyl (C=O) groups excluding carboxylic acids is 1. The molecular weight excluding hydrogens is 129 g/mol. The highest BCUT2D eigenvalue weighted by Gasteiger charge is 2.00. The Morgan fingerprint density at radius 1 is 1.56 bits per heavy atom. The largest absolute Gasteiger partial charge is 0.480 e. The molecule has 0 aromatic rings. The second-order valence-corrected chi connectivity index (χ2v) is 1.30. The number of hydrogen-bond acceptors (Lipinski definition) is 2. The molecule has 4 nitrogen and oxygen atoms in total. The molecule has 9 heavy (non-hydrogen) atoms. The van der Waals surface area contributed by atoms with Gasteiger partial charge in [0.1, 0.15) is 6.54 Å². The van der Waals surface area contributed by atoms with Gasteiger partial charge in [0.15, 0.2) is 6.67 Å². The average molecular weight is 135 g/mol. The number of nitrogens with one attached hydrogen (secondary N) is 1. The number of carboxylic acid groups (broad SMARTS) is 1. The molecule has 0 bridgehead atoms. The second kappa shape index (κ2) is 3.82. The van der Waals surface area contributed by atoms with Crippen LogP contribution in [0.5, 0.6) is 0 Å². The molecule has 0 aliphatic rings. The van der Waals surface area contributed by atoms with Crippen LogP contribution in [-0.2, 0) is 9.59 Å². The van der Waals surface area contributed by atoms with Gasteiger partial charge in [-0.15, -0.1) is 0 Å². The van der Waals surface area contributed by atoms with Crippen LogP contribution in [0.2, 0.25) is 0 Å². The predicted molar refractivity (Wildman–Crippen MR) is 26.6 cm³/mol. The lowest BCUT2D eigenvalue weighted by molar-refractivity contribution is -0.138. The van der Waals surface area contributed by atoms with Crippen LogP contribution in [0.25, 0.3) is 0 Å². The van der Waals surface area contributed by atoms with Crippen LogP contribution in [-0.4, -0.2) is 30.2 Å². The summed E-state index contributed by atoms with van der Waals surface area (Å²) in [7, 11) is 0. The first kappa shape index (κ1) is 7.87. The first-order valence-electron chi connectivity index (χ1n) is 2.21. The third-order valence-corrected chi connectivity index (χ3v) is 0.558. The first-order valence-corrected chi connectivity index (χ1v) is 2.21. The summed E-state index contributed by atoms with van der Waals surface area (Å²) >= 11 is 0. The van der Waals surface area contributed by atoms with E-state index in [0.29, 0.717) is 0 Å². The first-order chi connectivity index (χ1) is 4.16. The summed E-state index contributed by atoms with van der Waals surface area (Å²) in [5.41, 5.74) is 0. The fourth-order valence-corrected chi connectivity index (χ4v) is 0.221. The molecule has 1 amide bonds. The quantitative estimate of drug-likeness (QED) is 0.530. The zero-order chi connectivity index (χ0) is 7.28. The van der Waals surface area contributed by atoms with Gasteiger partial charge in [0.05, 0.1) is 0 Å². The highest BCUT2D eigenvalue weighted by atomic mass is 19.1. The predicted octanol–water partition coefficient (Wildman–Crippen LogP) is -0.843. The lowest BCUT2D eigenvalue weighted by atomic mass is 10.6. The lowest BCUT2D eigenvalue weighted by Gasteiger charge is -1.94. The maximum absolute atomic E-state index is 11.2. The fraction of sp³-hybridized carbons (Fsp3) is 0.500. The Balaban J connectivity index is 3.28. The highest BCUT2D eigenvalue weighted by molar-refractivity contribution is 5.81. The number of amides is 1. The molecule has 0 radical (unpaired) electrons. The van der Waals surface area contributed by atoms with E-state index < -0.39 is 25.1 Å². The van der Waals surface area contributed by atoms with Gasteiger partial charge in [-0.1, -0.05) is 0 Å². The van der Waals surface area contributed by atoms with Gasteiger partial charge in [-0.25, -0.2) is 4.39 Å². The van der Waals surface area contributed by atoms with Crippen LogP contribution in [0.1, 0.15) is 0 Å². The van der Waals surface area contributed by atoms with E-state index in [9.17, 15) is 14.0 Å². The van der Waals surface area contributed by atoms with Crippen molar-refractivity contribution in [2.45, 2.75) is 0 Å². The van der Waals surface area contributed by atoms with Gasteiger partial charge in [0.2, 0.25) is 0 Å². The second-order valence-electron chi connectivity index (χ2n) is 1.30. The maximum Gasteiger partial charge on any atom is 0.322 e. The molecule has 0 unspecified atom stereocenters. The normalized spacial score (nSPS) is 8.56. The van der Waals surface area contributed by atoms with E-state index in [1.807, 2.05) is 5.32 Å². The van der Waals surface area contributed by atoms with Gasteiger partial charge in [-0.05, 0) is 0 Å². The Bertz CT molecular complexity index is 125. The van der Waals surface area contributed by atoms with Crippen molar-refractivity contribution in [3.8, 4) is 0 Å². The minimum atomic E-state index is -1.18. The van der Waals surface area contributed by atoms with E-state index in [2.05, 4.69) is 0 Å². The molecule has 0 saturated carbocycles. The average Bonchev–Trinajstić information content (AvgIpc) is 1.83. The molecule has 0 aromatic carbocycles. The van der Waals surface area contributed by atoms with Crippen LogP contribution >= 0.6 is 0 Å². The summed E-state index contributed by atoms with van der Waals surface area (Å²) in [5.74, 6) is -2.09. The van der Waals surface area contributed by atoms with Crippen LogP contribution in [0.3, 0.4) is 0 Å². The molecule has 0 aliphatic carbocycles. The number of carboxylic acids is 1. The van der Waals surface area contributed by atoms with E-state index in [1.54, 1.807) is 0 Å². The van der Waals surface area contributed by atoms with E-state index in [-0.39, 0.29) is 0 Å². The molecule has 0 rings (SSSR count). The van der Waals surface area contributed by atoms with Crippen molar-refractivity contribution in [2.75, 3.05) is 13.2 Å². The van der Waals surface area contributed by atoms with Crippen LogP contribution in [0.15, 0.2) is 0 Å². The standard InChI is InChI=1S/C4H6FNO3/c5-1-3(7)6-2-4(8)9/h1-2H2,(H,6,7)(H,8,9). The summed E-state index contributed by atoms with van der Waals surface area (Å²) in [5, 5.41) is 9.74. The summed E-state index contributed by atoms with van der Waals surface area (Å²) < 4.78 is 11.2. The molecule has 0 heterocycles. The monoisotopic (exact) mass is 135 g/mol. The van der Waals surface area contributed by atoms with Crippen molar-refractivity contribution < 1.29 is 19.1 Å². The van der Waals surface area contributed by atoms with Crippen molar-refractivity contribution in [3.05, 3.63) is 0 Å². The van der Waals surface area contributed by atoms with Gasteiger partial charge in [0.25, 0.3) is 5.91 Å². The van der Waals surface area contributed by atoms with Crippen LogP contribution < -0.4 is 5.32 Å². The van der Waals surface area contributed by atoms with Crippen LogP contribution in [0.4, 0.5) is 4.39 Å². The molecule has 0 aromatic heterocycles. The zero-order valence-electron chi connectivity index (χ0n) is 4.56. The summed E-state index contributed by atoms with van der Waals surface area (Å²) in [6.07, 6.45) is 0. The number of carbonyl (C=O) groups is 2. The smallest absolute Gasteiger partial charge is 0.322 e. The van der Waals surface area contributed by atoms with Crippen molar-refractivity contribution in [3.63, 3.8) is 0 Å². The number of rotatable bonds is 3. The van der Waals surface area contributed by atoms with Gasteiger partial charge in [-0.2, -0.15) is 0 Å². The van der Waals surface area contributed by atoms with E-state index in [1.165, 1.54) is 0 Å². The molecule has 0 saturated heterocycles. The number of aliphatic carboxylic acids is 1. The van der Waals surface area contributed by atoms with Crippen molar-refractivity contribution in [1.82, 2.24) is 5.32 Å². The lowest BCUT2D eigenvalue weighted by Crippen LogP contribution is -2.30. The molecule has 0 aliphatic heterocycles. The van der Waals surface area contributed by atoms with Gasteiger partial charge in [-0.3, -0.25) is 9.59 Å². The SMILES string of the molecule is O=C(O)CNC(=O)CF. The molecule has 0 spiro atoms. The summed E-state index contributed by atoms with van der Waals surface area (Å²) in [6, 6.07) is 0. The number of hydrogen-bond donors (Lipinski definition) is 2.